The van der Waals surface area contributed by atoms with Crippen molar-refractivity contribution in [1.82, 2.24) is 19.6 Å². The smallest absolute Gasteiger partial charge is 0.113 e. The molecular formula is C19H14ClN5. The van der Waals surface area contributed by atoms with Gasteiger partial charge in [0, 0.05) is 29.4 Å². The van der Waals surface area contributed by atoms with Crippen LogP contribution in [-0.4, -0.2) is 25.3 Å². The van der Waals surface area contributed by atoms with Crippen molar-refractivity contribution in [2.24, 2.45) is 12.0 Å². The second-order valence-corrected chi connectivity index (χ2v) is 6.49. The zero-order valence-electron chi connectivity index (χ0n) is 13.5. The highest BCUT2D eigenvalue weighted by Crippen LogP contribution is 2.30. The number of benzene rings is 2. The van der Waals surface area contributed by atoms with Gasteiger partial charge >= 0.3 is 0 Å². The number of rotatable bonds is 1. The van der Waals surface area contributed by atoms with Crippen molar-refractivity contribution >= 4 is 28.3 Å². The van der Waals surface area contributed by atoms with Gasteiger partial charge in [-0.3, -0.25) is 4.99 Å². The van der Waals surface area contributed by atoms with E-state index >= 15 is 0 Å². The SMILES string of the molecule is Cn1nnc2ccc(C3=NCc4c(Cl)cccc4-n4cccc43)cc21. The predicted molar refractivity (Wildman–Crippen MR) is 98.6 cm³/mol. The van der Waals surface area contributed by atoms with E-state index in [1.54, 1.807) is 4.68 Å². The summed E-state index contributed by atoms with van der Waals surface area (Å²) in [4.78, 5) is 4.89. The molecule has 6 heteroatoms. The lowest BCUT2D eigenvalue weighted by atomic mass is 10.1. The number of aromatic nitrogens is 4. The van der Waals surface area contributed by atoms with Crippen LogP contribution in [-0.2, 0) is 13.6 Å². The maximum Gasteiger partial charge on any atom is 0.113 e. The van der Waals surface area contributed by atoms with Gasteiger partial charge in [0.15, 0.2) is 0 Å². The molecule has 5 nitrogen and oxygen atoms in total. The third-order valence-electron chi connectivity index (χ3n) is 4.62. The van der Waals surface area contributed by atoms with Crippen LogP contribution >= 0.6 is 11.6 Å². The number of fused-ring (bicyclic) bond motifs is 4. The van der Waals surface area contributed by atoms with Crippen LogP contribution in [0.3, 0.4) is 0 Å². The molecule has 1 aliphatic heterocycles. The number of hydrogen-bond acceptors (Lipinski definition) is 3. The highest BCUT2D eigenvalue weighted by molar-refractivity contribution is 6.31. The van der Waals surface area contributed by atoms with Crippen molar-refractivity contribution in [1.29, 1.82) is 0 Å². The second-order valence-electron chi connectivity index (χ2n) is 6.08. The lowest BCUT2D eigenvalue weighted by Crippen LogP contribution is -2.08. The molecule has 3 heterocycles. The summed E-state index contributed by atoms with van der Waals surface area (Å²) in [7, 11) is 1.90. The van der Waals surface area contributed by atoms with Crippen LogP contribution in [0.15, 0.2) is 59.7 Å². The normalized spacial score (nSPS) is 13.3. The maximum atomic E-state index is 6.42. The van der Waals surface area contributed by atoms with Crippen molar-refractivity contribution in [2.75, 3.05) is 0 Å². The molecule has 1 aliphatic rings. The number of aliphatic imine (C=N–C) groups is 1. The number of hydrogen-bond donors (Lipinski definition) is 0. The van der Waals surface area contributed by atoms with Crippen LogP contribution in [0, 0.1) is 0 Å². The minimum Gasteiger partial charge on any atom is -0.315 e. The van der Waals surface area contributed by atoms with Gasteiger partial charge in [0.25, 0.3) is 0 Å². The third-order valence-corrected chi connectivity index (χ3v) is 4.98. The summed E-state index contributed by atoms with van der Waals surface area (Å²) in [5.41, 5.74) is 7.02. The van der Waals surface area contributed by atoms with E-state index in [1.807, 2.05) is 37.4 Å². The summed E-state index contributed by atoms with van der Waals surface area (Å²) in [6, 6.07) is 16.2. The number of halogens is 1. The number of nitrogens with zero attached hydrogens (tertiary/aromatic N) is 5. The molecule has 2 aromatic carbocycles. The van der Waals surface area contributed by atoms with Crippen molar-refractivity contribution in [2.45, 2.75) is 6.54 Å². The molecule has 0 atom stereocenters. The molecule has 122 valence electrons. The molecule has 0 saturated carbocycles. The van der Waals surface area contributed by atoms with E-state index in [2.05, 4.69) is 39.3 Å². The molecule has 2 aromatic heterocycles. The first kappa shape index (κ1) is 14.4. The Bertz CT molecular complexity index is 1150. The molecule has 0 N–H and O–H groups in total. The molecule has 0 fully saturated rings. The Labute approximate surface area is 149 Å². The standard InChI is InChI=1S/C19H14ClN5/c1-24-18-10-12(7-8-15(18)22-23-24)19-17-6-3-9-25(17)16-5-2-4-14(20)13(16)11-21-19/h2-10H,11H2,1H3. The molecule has 25 heavy (non-hydrogen) atoms. The first-order valence-electron chi connectivity index (χ1n) is 8.02. The van der Waals surface area contributed by atoms with Gasteiger partial charge in [-0.2, -0.15) is 0 Å². The molecule has 0 spiro atoms. The van der Waals surface area contributed by atoms with E-state index in [0.29, 0.717) is 6.54 Å². The fraction of sp³-hybridized carbons (Fsp3) is 0.105. The van der Waals surface area contributed by atoms with Crippen LogP contribution in [0.5, 0.6) is 0 Å². The Kier molecular flexibility index (Phi) is 3.05. The molecule has 0 aliphatic carbocycles. The van der Waals surface area contributed by atoms with E-state index in [-0.39, 0.29) is 0 Å². The monoisotopic (exact) mass is 347 g/mol. The van der Waals surface area contributed by atoms with Crippen LogP contribution in [0.25, 0.3) is 16.7 Å². The summed E-state index contributed by atoms with van der Waals surface area (Å²) < 4.78 is 3.93. The maximum absolute atomic E-state index is 6.42. The zero-order chi connectivity index (χ0) is 17.0. The molecule has 0 radical (unpaired) electrons. The van der Waals surface area contributed by atoms with Gasteiger partial charge in [-0.05, 0) is 36.4 Å². The Balaban J connectivity index is 1.74. The van der Waals surface area contributed by atoms with Gasteiger partial charge in [-0.1, -0.05) is 28.9 Å². The van der Waals surface area contributed by atoms with Gasteiger partial charge in [0.2, 0.25) is 0 Å². The largest absolute Gasteiger partial charge is 0.315 e. The van der Waals surface area contributed by atoms with Crippen molar-refractivity contribution in [3.63, 3.8) is 0 Å². The molecule has 0 unspecified atom stereocenters. The zero-order valence-corrected chi connectivity index (χ0v) is 14.3. The van der Waals surface area contributed by atoms with Gasteiger partial charge < -0.3 is 4.57 Å². The molecule has 5 rings (SSSR count). The van der Waals surface area contributed by atoms with Crippen LogP contribution < -0.4 is 0 Å². The summed E-state index contributed by atoms with van der Waals surface area (Å²) in [5.74, 6) is 0. The van der Waals surface area contributed by atoms with Gasteiger partial charge in [0.1, 0.15) is 5.52 Å². The third kappa shape index (κ3) is 2.13. The summed E-state index contributed by atoms with van der Waals surface area (Å²) in [5, 5.41) is 8.98. The lowest BCUT2D eigenvalue weighted by molar-refractivity contribution is 0.736. The van der Waals surface area contributed by atoms with Crippen molar-refractivity contribution in [3.05, 3.63) is 76.6 Å². The van der Waals surface area contributed by atoms with Crippen molar-refractivity contribution < 1.29 is 0 Å². The van der Waals surface area contributed by atoms with Crippen molar-refractivity contribution in [3.8, 4) is 5.69 Å². The topological polar surface area (TPSA) is 48.0 Å². The minimum absolute atomic E-state index is 0.549. The van der Waals surface area contributed by atoms with Crippen LogP contribution in [0.2, 0.25) is 5.02 Å². The molecular weight excluding hydrogens is 334 g/mol. The van der Waals surface area contributed by atoms with Crippen LogP contribution in [0.1, 0.15) is 16.8 Å². The predicted octanol–water partition coefficient (Wildman–Crippen LogP) is 3.76. The minimum atomic E-state index is 0.549. The van der Waals surface area contributed by atoms with Gasteiger partial charge in [-0.15, -0.1) is 5.10 Å². The Hall–Kier alpha value is -2.92. The van der Waals surface area contributed by atoms with E-state index < -0.39 is 0 Å². The average molecular weight is 348 g/mol. The quantitative estimate of drug-likeness (QED) is 0.526. The van der Waals surface area contributed by atoms with Crippen LogP contribution in [0.4, 0.5) is 0 Å². The Morgan fingerprint density at radius 3 is 2.92 bits per heavy atom. The highest BCUT2D eigenvalue weighted by Gasteiger charge is 2.20. The second kappa shape index (κ2) is 5.29. The first-order valence-corrected chi connectivity index (χ1v) is 8.40. The summed E-state index contributed by atoms with van der Waals surface area (Å²) in [6.45, 7) is 0.549. The molecule has 0 bridgehead atoms. The fourth-order valence-corrected chi connectivity index (χ4v) is 3.60. The summed E-state index contributed by atoms with van der Waals surface area (Å²) >= 11 is 6.42. The molecule has 0 amide bonds. The summed E-state index contributed by atoms with van der Waals surface area (Å²) in [6.07, 6.45) is 2.05. The molecule has 4 aromatic rings. The highest BCUT2D eigenvalue weighted by atomic mass is 35.5. The Morgan fingerprint density at radius 1 is 1.08 bits per heavy atom. The van der Waals surface area contributed by atoms with Gasteiger partial charge in [-0.25, -0.2) is 4.68 Å². The Morgan fingerprint density at radius 2 is 2.00 bits per heavy atom. The van der Waals surface area contributed by atoms with E-state index in [1.165, 1.54) is 0 Å². The number of aryl methyl sites for hydroxylation is 1. The lowest BCUT2D eigenvalue weighted by Gasteiger charge is -2.11. The van der Waals surface area contributed by atoms with Gasteiger partial charge in [0.05, 0.1) is 29.2 Å². The average Bonchev–Trinajstić information content (AvgIpc) is 3.20. The first-order chi connectivity index (χ1) is 12.2. The van der Waals surface area contributed by atoms with E-state index in [0.717, 1.165) is 44.3 Å². The molecule has 0 saturated heterocycles. The fourth-order valence-electron chi connectivity index (χ4n) is 3.37. The van der Waals surface area contributed by atoms with E-state index in [9.17, 15) is 0 Å². The van der Waals surface area contributed by atoms with E-state index in [4.69, 9.17) is 16.6 Å².